The number of nitro groups is 1. The van der Waals surface area contributed by atoms with Gasteiger partial charge in [0.25, 0.3) is 11.6 Å². The molecule has 1 fully saturated rings. The third-order valence-corrected chi connectivity index (χ3v) is 3.74. The maximum absolute atomic E-state index is 12.0. The number of benzene rings is 1. The van der Waals surface area contributed by atoms with Crippen molar-refractivity contribution >= 4 is 34.9 Å². The smallest absolute Gasteiger partial charge is 0.326 e. The normalized spacial score (nSPS) is 17.2. The first-order valence-electron chi connectivity index (χ1n) is 7.32. The Morgan fingerprint density at radius 2 is 2.08 bits per heavy atom. The fourth-order valence-electron chi connectivity index (χ4n) is 2.34. The molecule has 0 radical (unpaired) electrons. The van der Waals surface area contributed by atoms with Crippen LogP contribution in [0.2, 0.25) is 5.02 Å². The molecule has 0 aromatic heterocycles. The van der Waals surface area contributed by atoms with E-state index in [1.807, 2.05) is 0 Å². The van der Waals surface area contributed by atoms with E-state index in [4.69, 9.17) is 16.3 Å². The molecular weight excluding hydrogens is 340 g/mol. The summed E-state index contributed by atoms with van der Waals surface area (Å²) < 4.78 is 5.04. The largest absolute Gasteiger partial charge is 0.453 e. The minimum absolute atomic E-state index is 0.0322. The molecule has 1 amide bonds. The summed E-state index contributed by atoms with van der Waals surface area (Å²) in [6.45, 7) is -0.442. The van der Waals surface area contributed by atoms with Crippen molar-refractivity contribution in [2.45, 2.75) is 31.8 Å². The zero-order valence-corrected chi connectivity index (χ0v) is 13.4. The molecule has 0 bridgehead atoms. The van der Waals surface area contributed by atoms with Crippen molar-refractivity contribution in [3.8, 4) is 0 Å². The topological polar surface area (TPSA) is 116 Å². The lowest BCUT2D eigenvalue weighted by Crippen LogP contribution is -2.36. The third kappa shape index (κ3) is 4.76. The number of amides is 1. The van der Waals surface area contributed by atoms with Crippen molar-refractivity contribution in [3.63, 3.8) is 0 Å². The highest BCUT2D eigenvalue weighted by Gasteiger charge is 2.26. The van der Waals surface area contributed by atoms with Gasteiger partial charge in [-0.05, 0) is 25.3 Å². The quantitative estimate of drug-likeness (QED) is 0.491. The van der Waals surface area contributed by atoms with Crippen LogP contribution in [0.5, 0.6) is 0 Å². The summed E-state index contributed by atoms with van der Waals surface area (Å²) in [4.78, 5) is 45.3. The lowest BCUT2D eigenvalue weighted by atomic mass is 9.96. The number of nitrogens with one attached hydrogen (secondary N) is 1. The van der Waals surface area contributed by atoms with Crippen LogP contribution in [0.25, 0.3) is 0 Å². The Morgan fingerprint density at radius 3 is 2.75 bits per heavy atom. The van der Waals surface area contributed by atoms with E-state index in [1.54, 1.807) is 0 Å². The predicted molar refractivity (Wildman–Crippen MR) is 83.8 cm³/mol. The summed E-state index contributed by atoms with van der Waals surface area (Å²) in [5.74, 6) is -1.56. The number of carbonyl (C=O) groups excluding carboxylic acids is 3. The molecule has 1 N–H and O–H groups in total. The molecule has 0 heterocycles. The minimum Gasteiger partial charge on any atom is -0.453 e. The van der Waals surface area contributed by atoms with Gasteiger partial charge in [0, 0.05) is 29.1 Å². The second-order valence-corrected chi connectivity index (χ2v) is 5.76. The van der Waals surface area contributed by atoms with Gasteiger partial charge in [-0.2, -0.15) is 0 Å². The second-order valence-electron chi connectivity index (χ2n) is 5.33. The fraction of sp³-hybridized carbons (Fsp3) is 0.400. The summed E-state index contributed by atoms with van der Waals surface area (Å²) in [7, 11) is 0. The molecule has 24 heavy (non-hydrogen) atoms. The zero-order valence-electron chi connectivity index (χ0n) is 12.6. The van der Waals surface area contributed by atoms with E-state index in [9.17, 15) is 24.5 Å². The van der Waals surface area contributed by atoms with Gasteiger partial charge in [0.2, 0.25) is 0 Å². The number of ether oxygens (including phenoxy) is 1. The van der Waals surface area contributed by atoms with Crippen LogP contribution < -0.4 is 5.32 Å². The Kier molecular flexibility index (Phi) is 5.86. The van der Waals surface area contributed by atoms with Crippen LogP contribution in [0.1, 0.15) is 36.0 Å². The molecule has 0 spiro atoms. The molecule has 0 aliphatic heterocycles. The SMILES string of the molecule is O=C(CNC(=O)c1cc(Cl)cc([N+](=O)[O-])c1)O[C@@H]1CCCCC1=O. The molecule has 1 aromatic rings. The van der Waals surface area contributed by atoms with E-state index in [-0.39, 0.29) is 22.1 Å². The van der Waals surface area contributed by atoms with Gasteiger partial charge < -0.3 is 10.1 Å². The number of hydrogen-bond donors (Lipinski definition) is 1. The van der Waals surface area contributed by atoms with Crippen molar-refractivity contribution in [1.29, 1.82) is 0 Å². The molecule has 1 atom stereocenters. The van der Waals surface area contributed by atoms with Crippen molar-refractivity contribution in [1.82, 2.24) is 5.32 Å². The summed E-state index contributed by atoms with van der Waals surface area (Å²) in [6, 6.07) is 3.42. The van der Waals surface area contributed by atoms with E-state index < -0.39 is 29.4 Å². The van der Waals surface area contributed by atoms with Gasteiger partial charge in [0.05, 0.1) is 4.92 Å². The second kappa shape index (κ2) is 7.87. The molecular formula is C15H15ClN2O6. The van der Waals surface area contributed by atoms with Crippen molar-refractivity contribution < 1.29 is 24.0 Å². The van der Waals surface area contributed by atoms with Crippen LogP contribution in [0.3, 0.4) is 0 Å². The van der Waals surface area contributed by atoms with E-state index in [0.717, 1.165) is 25.0 Å². The number of esters is 1. The molecule has 1 aliphatic carbocycles. The van der Waals surface area contributed by atoms with Crippen LogP contribution in [0.4, 0.5) is 5.69 Å². The van der Waals surface area contributed by atoms with Crippen LogP contribution in [0.15, 0.2) is 18.2 Å². The van der Waals surface area contributed by atoms with Crippen molar-refractivity contribution in [3.05, 3.63) is 38.9 Å². The first-order chi connectivity index (χ1) is 11.4. The molecule has 128 valence electrons. The number of non-ortho nitro benzene ring substituents is 1. The molecule has 2 rings (SSSR count). The van der Waals surface area contributed by atoms with E-state index in [2.05, 4.69) is 5.32 Å². The number of nitro benzene ring substituents is 1. The number of Topliss-reactive ketones (excluding diaryl/α,β-unsaturated/α-hetero) is 1. The highest BCUT2D eigenvalue weighted by atomic mass is 35.5. The van der Waals surface area contributed by atoms with Gasteiger partial charge in [0.15, 0.2) is 11.9 Å². The Morgan fingerprint density at radius 1 is 1.33 bits per heavy atom. The van der Waals surface area contributed by atoms with Crippen LogP contribution in [-0.4, -0.2) is 35.2 Å². The molecule has 0 unspecified atom stereocenters. The van der Waals surface area contributed by atoms with Crippen molar-refractivity contribution in [2.75, 3.05) is 6.54 Å². The van der Waals surface area contributed by atoms with Crippen LogP contribution >= 0.6 is 11.6 Å². The highest BCUT2D eigenvalue weighted by molar-refractivity contribution is 6.31. The fourth-order valence-corrected chi connectivity index (χ4v) is 2.57. The summed E-state index contributed by atoms with van der Waals surface area (Å²) >= 11 is 5.73. The summed E-state index contributed by atoms with van der Waals surface area (Å²) in [5, 5.41) is 13.1. The Bertz CT molecular complexity index is 691. The number of hydrogen-bond acceptors (Lipinski definition) is 6. The number of halogens is 1. The van der Waals surface area contributed by atoms with Gasteiger partial charge in [-0.1, -0.05) is 11.6 Å². The number of ketones is 1. The Balaban J connectivity index is 1.91. The van der Waals surface area contributed by atoms with Gasteiger partial charge >= 0.3 is 5.97 Å². The van der Waals surface area contributed by atoms with E-state index in [0.29, 0.717) is 12.8 Å². The van der Waals surface area contributed by atoms with E-state index in [1.165, 1.54) is 6.07 Å². The molecule has 9 heteroatoms. The van der Waals surface area contributed by atoms with Gasteiger partial charge in [0.1, 0.15) is 6.54 Å². The Labute approximate surface area is 142 Å². The van der Waals surface area contributed by atoms with Gasteiger partial charge in [-0.15, -0.1) is 0 Å². The average molecular weight is 355 g/mol. The number of nitrogens with zero attached hydrogens (tertiary/aromatic N) is 1. The number of carbonyl (C=O) groups is 3. The number of rotatable bonds is 5. The van der Waals surface area contributed by atoms with Crippen LogP contribution in [0, 0.1) is 10.1 Å². The Hall–Kier alpha value is -2.48. The molecule has 0 saturated heterocycles. The molecule has 1 aliphatic rings. The first kappa shape index (κ1) is 17.9. The summed E-state index contributed by atoms with van der Waals surface area (Å²) in [6.07, 6.45) is 1.71. The maximum atomic E-state index is 12.0. The molecule has 1 saturated carbocycles. The monoisotopic (exact) mass is 354 g/mol. The van der Waals surface area contributed by atoms with Crippen molar-refractivity contribution in [2.24, 2.45) is 0 Å². The van der Waals surface area contributed by atoms with E-state index >= 15 is 0 Å². The third-order valence-electron chi connectivity index (χ3n) is 3.52. The van der Waals surface area contributed by atoms with Crippen LogP contribution in [-0.2, 0) is 14.3 Å². The molecule has 8 nitrogen and oxygen atoms in total. The predicted octanol–water partition coefficient (Wildman–Crippen LogP) is 2.03. The minimum atomic E-state index is -0.754. The summed E-state index contributed by atoms with van der Waals surface area (Å²) in [5.41, 5.74) is -0.376. The maximum Gasteiger partial charge on any atom is 0.326 e. The first-order valence-corrected chi connectivity index (χ1v) is 7.70. The van der Waals surface area contributed by atoms with Gasteiger partial charge in [-0.25, -0.2) is 0 Å². The molecule has 1 aromatic carbocycles. The standard InChI is InChI=1S/C15H15ClN2O6/c16-10-5-9(6-11(7-10)18(22)23)15(21)17-8-14(20)24-13-4-2-1-3-12(13)19/h5-7,13H,1-4,8H2,(H,17,21)/t13-/m1/s1. The lowest BCUT2D eigenvalue weighted by molar-refractivity contribution is -0.384. The highest BCUT2D eigenvalue weighted by Crippen LogP contribution is 2.21. The zero-order chi connectivity index (χ0) is 17.7. The lowest BCUT2D eigenvalue weighted by Gasteiger charge is -2.20. The van der Waals surface area contributed by atoms with Gasteiger partial charge in [-0.3, -0.25) is 24.5 Å². The average Bonchev–Trinajstić information content (AvgIpc) is 2.54.